The molecule has 0 radical (unpaired) electrons. The van der Waals surface area contributed by atoms with Crippen LogP contribution in [0.1, 0.15) is 11.1 Å². The molecule has 0 aliphatic rings. The van der Waals surface area contributed by atoms with E-state index in [1.165, 1.54) is 0 Å². The molecule has 24 heavy (non-hydrogen) atoms. The molecule has 0 fully saturated rings. The highest BCUT2D eigenvalue weighted by atomic mass is 35.5. The average molecular weight is 348 g/mol. The number of carbonyl (C=O) groups excluding carboxylic acids is 1. The quantitative estimate of drug-likeness (QED) is 0.769. The summed E-state index contributed by atoms with van der Waals surface area (Å²) in [5.41, 5.74) is 1.72. The summed E-state index contributed by atoms with van der Waals surface area (Å²) in [5, 5.41) is 12.3. The Labute approximate surface area is 145 Å². The number of carboxylic acid groups (broad SMARTS) is 1. The van der Waals surface area contributed by atoms with Crippen LogP contribution in [0.2, 0.25) is 5.02 Å². The van der Waals surface area contributed by atoms with Gasteiger partial charge in [0.25, 0.3) is 0 Å². The third-order valence-electron chi connectivity index (χ3n) is 3.33. The molecule has 2 rings (SSSR count). The first-order chi connectivity index (χ1) is 11.5. The second-order valence-corrected chi connectivity index (χ2v) is 5.70. The van der Waals surface area contributed by atoms with Gasteiger partial charge in [-0.15, -0.1) is 0 Å². The van der Waals surface area contributed by atoms with Gasteiger partial charge >= 0.3 is 5.97 Å². The number of rotatable bonds is 8. The zero-order chi connectivity index (χ0) is 17.4. The molecule has 0 saturated heterocycles. The Morgan fingerprint density at radius 1 is 1.04 bits per heavy atom. The van der Waals surface area contributed by atoms with Crippen molar-refractivity contribution >= 4 is 23.5 Å². The van der Waals surface area contributed by atoms with Gasteiger partial charge in [-0.1, -0.05) is 54.1 Å². The Hall–Kier alpha value is -2.37. The maximum absolute atomic E-state index is 11.9. The molecule has 0 bridgehead atoms. The fourth-order valence-electron chi connectivity index (χ4n) is 2.13. The molecule has 126 valence electrons. The maximum Gasteiger partial charge on any atom is 0.326 e. The van der Waals surface area contributed by atoms with Crippen molar-refractivity contribution in [3.8, 4) is 0 Å². The van der Waals surface area contributed by atoms with Crippen molar-refractivity contribution in [3.05, 3.63) is 70.7 Å². The predicted octanol–water partition coefficient (Wildman–Crippen LogP) is 2.67. The standard InChI is InChI=1S/C18H18ClNO4/c19-15-8-6-13(7-9-15)10-16(18(22)23)20-17(21)12-24-11-14-4-2-1-3-5-14/h1-9,16H,10-12H2,(H,20,21)(H,22,23)/t16-/m1/s1. The first kappa shape index (κ1) is 18.0. The molecule has 5 nitrogen and oxygen atoms in total. The van der Waals surface area contributed by atoms with E-state index in [0.717, 1.165) is 11.1 Å². The highest BCUT2D eigenvalue weighted by Crippen LogP contribution is 2.11. The van der Waals surface area contributed by atoms with Crippen molar-refractivity contribution in [2.45, 2.75) is 19.1 Å². The normalized spacial score (nSPS) is 11.7. The number of nitrogens with one attached hydrogen (secondary N) is 1. The number of aliphatic carboxylic acids is 1. The molecular formula is C18H18ClNO4. The predicted molar refractivity (Wildman–Crippen MR) is 90.8 cm³/mol. The summed E-state index contributed by atoms with van der Waals surface area (Å²) in [5.74, 6) is -1.56. The monoisotopic (exact) mass is 347 g/mol. The zero-order valence-corrected chi connectivity index (χ0v) is 13.7. The van der Waals surface area contributed by atoms with Gasteiger partial charge in [0.1, 0.15) is 12.6 Å². The van der Waals surface area contributed by atoms with E-state index in [9.17, 15) is 14.7 Å². The van der Waals surface area contributed by atoms with Gasteiger partial charge in [0.2, 0.25) is 5.91 Å². The molecule has 2 N–H and O–H groups in total. The van der Waals surface area contributed by atoms with Gasteiger partial charge < -0.3 is 15.2 Å². The molecular weight excluding hydrogens is 330 g/mol. The molecule has 0 heterocycles. The van der Waals surface area contributed by atoms with Gasteiger partial charge in [0.05, 0.1) is 6.61 Å². The third kappa shape index (κ3) is 6.02. The van der Waals surface area contributed by atoms with E-state index >= 15 is 0 Å². The maximum atomic E-state index is 11.9. The third-order valence-corrected chi connectivity index (χ3v) is 3.58. The van der Waals surface area contributed by atoms with Gasteiger partial charge in [0, 0.05) is 11.4 Å². The fraction of sp³-hybridized carbons (Fsp3) is 0.222. The highest BCUT2D eigenvalue weighted by Gasteiger charge is 2.20. The number of benzene rings is 2. The summed E-state index contributed by atoms with van der Waals surface area (Å²) in [6.07, 6.45) is 0.178. The summed E-state index contributed by atoms with van der Waals surface area (Å²) in [6.45, 7) is 0.0997. The Balaban J connectivity index is 1.82. The number of halogens is 1. The first-order valence-electron chi connectivity index (χ1n) is 7.43. The molecule has 0 unspecified atom stereocenters. The van der Waals surface area contributed by atoms with Gasteiger partial charge in [-0.05, 0) is 23.3 Å². The van der Waals surface area contributed by atoms with Crippen LogP contribution in [-0.2, 0) is 27.4 Å². The number of carboxylic acids is 1. The summed E-state index contributed by atoms with van der Waals surface area (Å²) in [7, 11) is 0. The number of amides is 1. The summed E-state index contributed by atoms with van der Waals surface area (Å²) in [6, 6.07) is 15.2. The van der Waals surface area contributed by atoms with Crippen LogP contribution in [0.5, 0.6) is 0 Å². The van der Waals surface area contributed by atoms with Crippen LogP contribution in [0.3, 0.4) is 0 Å². The Bertz CT molecular complexity index is 673. The molecule has 1 amide bonds. The molecule has 0 aromatic heterocycles. The van der Waals surface area contributed by atoms with Crippen molar-refractivity contribution < 1.29 is 19.4 Å². The number of hydrogen-bond acceptors (Lipinski definition) is 3. The lowest BCUT2D eigenvalue weighted by molar-refractivity contribution is -0.142. The molecule has 0 aliphatic heterocycles. The van der Waals surface area contributed by atoms with E-state index in [-0.39, 0.29) is 13.0 Å². The van der Waals surface area contributed by atoms with Crippen molar-refractivity contribution in [1.29, 1.82) is 0 Å². The molecule has 6 heteroatoms. The molecule has 0 aliphatic carbocycles. The van der Waals surface area contributed by atoms with Crippen LogP contribution in [-0.4, -0.2) is 29.6 Å². The van der Waals surface area contributed by atoms with Crippen molar-refractivity contribution in [1.82, 2.24) is 5.32 Å². The van der Waals surface area contributed by atoms with E-state index in [4.69, 9.17) is 16.3 Å². The number of hydrogen-bond donors (Lipinski definition) is 2. The Morgan fingerprint density at radius 3 is 2.33 bits per heavy atom. The molecule has 0 spiro atoms. The van der Waals surface area contributed by atoms with Crippen LogP contribution >= 0.6 is 11.6 Å². The second kappa shape index (κ2) is 9.05. The van der Waals surface area contributed by atoms with Crippen LogP contribution in [0.15, 0.2) is 54.6 Å². The molecule has 2 aromatic rings. The zero-order valence-electron chi connectivity index (χ0n) is 12.9. The second-order valence-electron chi connectivity index (χ2n) is 5.27. The Kier molecular flexibility index (Phi) is 6.78. The first-order valence-corrected chi connectivity index (χ1v) is 7.80. The minimum atomic E-state index is -1.10. The number of ether oxygens (including phenoxy) is 1. The lowest BCUT2D eigenvalue weighted by atomic mass is 10.1. The molecule has 1 atom stereocenters. The van der Waals surface area contributed by atoms with Crippen LogP contribution in [0, 0.1) is 0 Å². The van der Waals surface area contributed by atoms with E-state index in [1.54, 1.807) is 24.3 Å². The van der Waals surface area contributed by atoms with Crippen molar-refractivity contribution in [2.75, 3.05) is 6.61 Å². The van der Waals surface area contributed by atoms with Gasteiger partial charge in [-0.3, -0.25) is 4.79 Å². The topological polar surface area (TPSA) is 75.6 Å². The summed E-state index contributed by atoms with van der Waals surface area (Å²) >= 11 is 5.80. The minimum Gasteiger partial charge on any atom is -0.480 e. The van der Waals surface area contributed by atoms with E-state index < -0.39 is 17.9 Å². The SMILES string of the molecule is O=C(COCc1ccccc1)N[C@H](Cc1ccc(Cl)cc1)C(=O)O. The van der Waals surface area contributed by atoms with Gasteiger partial charge in [-0.2, -0.15) is 0 Å². The van der Waals surface area contributed by atoms with Crippen LogP contribution in [0.4, 0.5) is 0 Å². The van der Waals surface area contributed by atoms with Crippen molar-refractivity contribution in [2.24, 2.45) is 0 Å². The van der Waals surface area contributed by atoms with Crippen LogP contribution < -0.4 is 5.32 Å². The van der Waals surface area contributed by atoms with E-state index in [1.807, 2.05) is 30.3 Å². The molecule has 2 aromatic carbocycles. The smallest absolute Gasteiger partial charge is 0.326 e. The van der Waals surface area contributed by atoms with Crippen molar-refractivity contribution in [3.63, 3.8) is 0 Å². The Morgan fingerprint density at radius 2 is 1.71 bits per heavy atom. The highest BCUT2D eigenvalue weighted by molar-refractivity contribution is 6.30. The number of carbonyl (C=O) groups is 2. The van der Waals surface area contributed by atoms with Gasteiger partial charge in [-0.25, -0.2) is 4.79 Å². The van der Waals surface area contributed by atoms with E-state index in [0.29, 0.717) is 11.6 Å². The fourth-order valence-corrected chi connectivity index (χ4v) is 2.25. The van der Waals surface area contributed by atoms with Gasteiger partial charge in [0.15, 0.2) is 0 Å². The van der Waals surface area contributed by atoms with E-state index in [2.05, 4.69) is 5.32 Å². The molecule has 0 saturated carbocycles. The largest absolute Gasteiger partial charge is 0.480 e. The average Bonchev–Trinajstić information content (AvgIpc) is 2.57. The summed E-state index contributed by atoms with van der Waals surface area (Å²) in [4.78, 5) is 23.2. The lowest BCUT2D eigenvalue weighted by Gasteiger charge is -2.15. The minimum absolute atomic E-state index is 0.178. The summed E-state index contributed by atoms with van der Waals surface area (Å²) < 4.78 is 5.31. The van der Waals surface area contributed by atoms with Crippen LogP contribution in [0.25, 0.3) is 0 Å². The lowest BCUT2D eigenvalue weighted by Crippen LogP contribution is -2.43.